The number of carbonyl (C=O) groups is 1. The molecule has 0 aliphatic heterocycles. The van der Waals surface area contributed by atoms with E-state index in [4.69, 9.17) is 12.2 Å². The first-order valence-electron chi connectivity index (χ1n) is 7.40. The maximum Gasteiger partial charge on any atom is 0.257 e. The molecule has 1 unspecified atom stereocenters. The first-order valence-corrected chi connectivity index (χ1v) is 8.63. The van der Waals surface area contributed by atoms with Crippen LogP contribution in [0.4, 0.5) is 5.00 Å². The number of hydrogen-bond donors (Lipinski definition) is 1. The molecule has 4 nitrogen and oxygen atoms in total. The van der Waals surface area contributed by atoms with Gasteiger partial charge < -0.3 is 5.32 Å². The summed E-state index contributed by atoms with van der Waals surface area (Å²) in [6.07, 6.45) is 5.91. The molecule has 116 valence electrons. The molecule has 1 aliphatic carbocycles. The zero-order valence-corrected chi connectivity index (χ0v) is 14.3. The number of aromatic nitrogens is 1. The number of carbonyl (C=O) groups excluding carboxylic acids is 1. The van der Waals surface area contributed by atoms with Gasteiger partial charge in [-0.3, -0.25) is 9.78 Å². The molecule has 0 saturated carbocycles. The molecule has 1 aliphatic rings. The van der Waals surface area contributed by atoms with Gasteiger partial charge in [-0.25, -0.2) is 0 Å². The lowest BCUT2D eigenvalue weighted by Crippen LogP contribution is -2.17. The first kappa shape index (κ1) is 15.8. The Morgan fingerprint density at radius 1 is 1.52 bits per heavy atom. The lowest BCUT2D eigenvalue weighted by atomic mass is 9.85. The number of nitrogens with one attached hydrogen (secondary N) is 1. The molecule has 2 aromatic rings. The summed E-state index contributed by atoms with van der Waals surface area (Å²) in [6, 6.07) is 5.65. The Labute approximate surface area is 143 Å². The topological polar surface area (TPSA) is 65.8 Å². The summed E-state index contributed by atoms with van der Waals surface area (Å²) < 4.78 is 0.770. The number of nitrogens with zero attached hydrogens (tertiary/aromatic N) is 2. The van der Waals surface area contributed by atoms with Gasteiger partial charge in [0.05, 0.1) is 15.0 Å². The van der Waals surface area contributed by atoms with Crippen LogP contribution in [0.25, 0.3) is 0 Å². The highest BCUT2D eigenvalue weighted by molar-refractivity contribution is 7.73. The predicted octanol–water partition coefficient (Wildman–Crippen LogP) is 4.12. The molecule has 6 heteroatoms. The summed E-state index contributed by atoms with van der Waals surface area (Å²) in [4.78, 5) is 16.3. The van der Waals surface area contributed by atoms with Crippen molar-refractivity contribution in [1.82, 2.24) is 4.98 Å². The highest BCUT2D eigenvalue weighted by Crippen LogP contribution is 2.36. The van der Waals surface area contributed by atoms with Gasteiger partial charge in [-0.05, 0) is 48.4 Å². The van der Waals surface area contributed by atoms with Crippen molar-refractivity contribution in [3.8, 4) is 6.07 Å². The third-order valence-electron chi connectivity index (χ3n) is 4.04. The Morgan fingerprint density at radius 3 is 3.04 bits per heavy atom. The van der Waals surface area contributed by atoms with Gasteiger partial charge in [0.2, 0.25) is 0 Å². The zero-order valence-electron chi connectivity index (χ0n) is 12.6. The van der Waals surface area contributed by atoms with Crippen LogP contribution in [0.3, 0.4) is 0 Å². The summed E-state index contributed by atoms with van der Waals surface area (Å²) in [5.41, 5.74) is 3.14. The molecule has 0 fully saturated rings. The van der Waals surface area contributed by atoms with E-state index in [9.17, 15) is 10.1 Å². The Bertz CT molecular complexity index is 853. The minimum atomic E-state index is -0.274. The quantitative estimate of drug-likeness (QED) is 0.834. The van der Waals surface area contributed by atoms with E-state index in [1.807, 2.05) is 0 Å². The van der Waals surface area contributed by atoms with E-state index in [1.54, 1.807) is 18.3 Å². The lowest BCUT2D eigenvalue weighted by Gasteiger charge is -2.23. The SMILES string of the molecule is CC1CCc2c(C#N)c(NC(=O)c3cccnc3)sc(=S)c2C1. The average molecular weight is 341 g/mol. The van der Waals surface area contributed by atoms with Crippen molar-refractivity contribution in [3.05, 3.63) is 50.6 Å². The molecule has 23 heavy (non-hydrogen) atoms. The minimum absolute atomic E-state index is 0.274. The monoisotopic (exact) mass is 341 g/mol. The van der Waals surface area contributed by atoms with Crippen molar-refractivity contribution in [2.24, 2.45) is 5.92 Å². The minimum Gasteiger partial charge on any atom is -0.312 e. The fourth-order valence-electron chi connectivity index (χ4n) is 2.82. The normalized spacial score (nSPS) is 16.3. The third-order valence-corrected chi connectivity index (χ3v) is 5.48. The van der Waals surface area contributed by atoms with Gasteiger partial charge in [0.25, 0.3) is 5.91 Å². The highest BCUT2D eigenvalue weighted by Gasteiger charge is 2.23. The van der Waals surface area contributed by atoms with Gasteiger partial charge in [0.1, 0.15) is 11.1 Å². The molecule has 1 N–H and O–H groups in total. The zero-order chi connectivity index (χ0) is 16.4. The average Bonchev–Trinajstić information content (AvgIpc) is 2.56. The number of amides is 1. The molecule has 1 amide bonds. The fourth-order valence-corrected chi connectivity index (χ4v) is 4.21. The first-order chi connectivity index (χ1) is 11.1. The Morgan fingerprint density at radius 2 is 2.35 bits per heavy atom. The molecule has 2 aromatic heterocycles. The van der Waals surface area contributed by atoms with Crippen molar-refractivity contribution >= 4 is 34.5 Å². The van der Waals surface area contributed by atoms with E-state index in [1.165, 1.54) is 17.5 Å². The third kappa shape index (κ3) is 3.16. The molecular formula is C17H15N3OS2. The van der Waals surface area contributed by atoms with E-state index in [-0.39, 0.29) is 5.91 Å². The number of fused-ring (bicyclic) bond motifs is 1. The Kier molecular flexibility index (Phi) is 4.51. The van der Waals surface area contributed by atoms with Crippen LogP contribution in [0.5, 0.6) is 0 Å². The fraction of sp³-hybridized carbons (Fsp3) is 0.294. The molecule has 0 aromatic carbocycles. The van der Waals surface area contributed by atoms with Crippen LogP contribution in [0.15, 0.2) is 24.5 Å². The number of nitriles is 1. The molecule has 2 heterocycles. The smallest absolute Gasteiger partial charge is 0.257 e. The predicted molar refractivity (Wildman–Crippen MR) is 93.2 cm³/mol. The summed E-state index contributed by atoms with van der Waals surface area (Å²) in [6.45, 7) is 2.20. The van der Waals surface area contributed by atoms with E-state index in [0.29, 0.717) is 22.0 Å². The van der Waals surface area contributed by atoms with Crippen LogP contribution >= 0.6 is 23.6 Å². The van der Waals surface area contributed by atoms with E-state index >= 15 is 0 Å². The molecule has 0 radical (unpaired) electrons. The van der Waals surface area contributed by atoms with Crippen LogP contribution in [0.2, 0.25) is 0 Å². The molecule has 0 spiro atoms. The van der Waals surface area contributed by atoms with Crippen LogP contribution in [0, 0.1) is 21.1 Å². The van der Waals surface area contributed by atoms with Gasteiger partial charge in [0.15, 0.2) is 0 Å². The van der Waals surface area contributed by atoms with Crippen molar-refractivity contribution in [1.29, 1.82) is 5.26 Å². The van der Waals surface area contributed by atoms with Gasteiger partial charge >= 0.3 is 0 Å². The maximum absolute atomic E-state index is 12.3. The second kappa shape index (κ2) is 6.57. The molecule has 0 bridgehead atoms. The van der Waals surface area contributed by atoms with Crippen molar-refractivity contribution in [2.75, 3.05) is 5.32 Å². The number of hydrogen-bond acceptors (Lipinski definition) is 5. The van der Waals surface area contributed by atoms with Crippen LogP contribution in [0.1, 0.15) is 40.4 Å². The number of pyridine rings is 1. The molecule has 1 atom stereocenters. The van der Waals surface area contributed by atoms with Gasteiger partial charge in [-0.1, -0.05) is 19.1 Å². The highest BCUT2D eigenvalue weighted by atomic mass is 32.1. The largest absolute Gasteiger partial charge is 0.312 e. The summed E-state index contributed by atoms with van der Waals surface area (Å²) >= 11 is 6.81. The van der Waals surface area contributed by atoms with Gasteiger partial charge in [-0.2, -0.15) is 5.26 Å². The van der Waals surface area contributed by atoms with Gasteiger partial charge in [0, 0.05) is 12.4 Å². The maximum atomic E-state index is 12.3. The van der Waals surface area contributed by atoms with Crippen molar-refractivity contribution in [3.63, 3.8) is 0 Å². The Hall–Kier alpha value is -2.10. The summed E-state index contributed by atoms with van der Waals surface area (Å²) in [5, 5.41) is 12.9. The summed E-state index contributed by atoms with van der Waals surface area (Å²) in [7, 11) is 0. The lowest BCUT2D eigenvalue weighted by molar-refractivity contribution is 0.102. The second-order valence-corrected chi connectivity index (χ2v) is 7.39. The van der Waals surface area contributed by atoms with Crippen molar-refractivity contribution < 1.29 is 4.79 Å². The van der Waals surface area contributed by atoms with E-state index in [0.717, 1.165) is 34.2 Å². The second-order valence-electron chi connectivity index (χ2n) is 5.71. The Balaban J connectivity index is 2.01. The van der Waals surface area contributed by atoms with E-state index in [2.05, 4.69) is 23.3 Å². The number of anilines is 1. The van der Waals surface area contributed by atoms with Crippen molar-refractivity contribution in [2.45, 2.75) is 26.2 Å². The van der Waals surface area contributed by atoms with Crippen LogP contribution in [-0.4, -0.2) is 10.9 Å². The van der Waals surface area contributed by atoms with Gasteiger partial charge in [-0.15, -0.1) is 11.3 Å². The standard InChI is InChI=1S/C17H15N3OS2/c1-10-4-5-12-13(7-10)17(22)23-16(14(12)8-18)20-15(21)11-3-2-6-19-9-11/h2-3,6,9-10H,4-5,7H2,1H3,(H,20,21). The van der Waals surface area contributed by atoms with E-state index < -0.39 is 0 Å². The number of rotatable bonds is 2. The molecule has 0 saturated heterocycles. The summed E-state index contributed by atoms with van der Waals surface area (Å²) in [5.74, 6) is 0.308. The van der Waals surface area contributed by atoms with Crippen LogP contribution < -0.4 is 5.32 Å². The molecule has 3 rings (SSSR count). The molecular weight excluding hydrogens is 326 g/mol. The van der Waals surface area contributed by atoms with Crippen LogP contribution in [-0.2, 0) is 12.8 Å².